The number of carbonyl (C=O) groups is 2. The molecule has 0 aliphatic rings. The molecule has 0 bridgehead atoms. The Kier molecular flexibility index (Phi) is 3.69. The lowest BCUT2D eigenvalue weighted by Crippen LogP contribution is -2.11. The van der Waals surface area contributed by atoms with Crippen LogP contribution >= 0.6 is 0 Å². The predicted octanol–water partition coefficient (Wildman–Crippen LogP) is 3.04. The number of carbonyl (C=O) groups excluding carboxylic acids is 2. The fraction of sp³-hybridized carbons (Fsp3) is 0.0476. The molecule has 2 amide bonds. The fourth-order valence-electron chi connectivity index (χ4n) is 3.43. The van der Waals surface area contributed by atoms with Crippen LogP contribution in [-0.4, -0.2) is 16.4 Å². The maximum Gasteiger partial charge on any atom is 0.249 e. The maximum absolute atomic E-state index is 11.9. The predicted molar refractivity (Wildman–Crippen MR) is 102 cm³/mol. The van der Waals surface area contributed by atoms with E-state index in [0.29, 0.717) is 17.7 Å². The second-order valence-electron chi connectivity index (χ2n) is 6.23. The Bertz CT molecular complexity index is 1160. The number of benzene rings is 3. The lowest BCUT2D eigenvalue weighted by Gasteiger charge is -2.08. The molecule has 0 saturated heterocycles. The third kappa shape index (κ3) is 2.50. The van der Waals surface area contributed by atoms with Gasteiger partial charge in [-0.1, -0.05) is 36.4 Å². The zero-order valence-corrected chi connectivity index (χ0v) is 14.0. The highest BCUT2D eigenvalue weighted by Crippen LogP contribution is 2.32. The summed E-state index contributed by atoms with van der Waals surface area (Å²) in [6.07, 6.45) is 0. The van der Waals surface area contributed by atoms with E-state index in [4.69, 9.17) is 11.5 Å². The van der Waals surface area contributed by atoms with E-state index in [1.54, 1.807) is 18.2 Å². The van der Waals surface area contributed by atoms with Crippen LogP contribution < -0.4 is 11.5 Å². The molecule has 5 heteroatoms. The molecule has 1 heterocycles. The number of amides is 2. The first-order chi connectivity index (χ1) is 12.6. The van der Waals surface area contributed by atoms with E-state index < -0.39 is 11.8 Å². The zero-order valence-electron chi connectivity index (χ0n) is 14.0. The first-order valence-corrected chi connectivity index (χ1v) is 8.25. The summed E-state index contributed by atoms with van der Waals surface area (Å²) in [6, 6.07) is 20.7. The van der Waals surface area contributed by atoms with Gasteiger partial charge in [0.2, 0.25) is 11.8 Å². The van der Waals surface area contributed by atoms with Crippen molar-refractivity contribution in [3.63, 3.8) is 0 Å². The van der Waals surface area contributed by atoms with Crippen LogP contribution in [0.5, 0.6) is 0 Å². The molecule has 0 unspecified atom stereocenters. The van der Waals surface area contributed by atoms with Crippen LogP contribution in [0.4, 0.5) is 0 Å². The lowest BCUT2D eigenvalue weighted by atomic mass is 10.1. The molecule has 0 saturated carbocycles. The van der Waals surface area contributed by atoms with Crippen molar-refractivity contribution >= 4 is 33.6 Å². The second kappa shape index (κ2) is 6.04. The van der Waals surface area contributed by atoms with Gasteiger partial charge in [-0.05, 0) is 35.9 Å². The molecule has 4 N–H and O–H groups in total. The van der Waals surface area contributed by atoms with Crippen LogP contribution in [0.3, 0.4) is 0 Å². The molecule has 3 aromatic carbocycles. The van der Waals surface area contributed by atoms with Crippen molar-refractivity contribution in [3.8, 4) is 0 Å². The topological polar surface area (TPSA) is 91.1 Å². The summed E-state index contributed by atoms with van der Waals surface area (Å²) >= 11 is 0. The number of hydrogen-bond acceptors (Lipinski definition) is 2. The number of aromatic nitrogens is 1. The van der Waals surface area contributed by atoms with Gasteiger partial charge in [-0.2, -0.15) is 0 Å². The Balaban J connectivity index is 1.92. The highest BCUT2D eigenvalue weighted by molar-refractivity contribution is 6.17. The summed E-state index contributed by atoms with van der Waals surface area (Å²) in [5.41, 5.74) is 14.9. The minimum Gasteiger partial charge on any atom is -0.366 e. The van der Waals surface area contributed by atoms with Gasteiger partial charge in [0.05, 0.1) is 5.52 Å². The van der Waals surface area contributed by atoms with Crippen molar-refractivity contribution in [2.24, 2.45) is 11.5 Å². The first kappa shape index (κ1) is 15.9. The molecule has 0 spiro atoms. The molecule has 4 rings (SSSR count). The number of rotatable bonds is 4. The minimum atomic E-state index is -0.445. The van der Waals surface area contributed by atoms with Gasteiger partial charge in [0.25, 0.3) is 0 Å². The molecule has 0 atom stereocenters. The molecule has 4 aromatic rings. The van der Waals surface area contributed by atoms with Crippen molar-refractivity contribution in [3.05, 3.63) is 83.4 Å². The number of hydrogen-bond donors (Lipinski definition) is 2. The summed E-state index contributed by atoms with van der Waals surface area (Å²) in [5.74, 6) is -0.885. The van der Waals surface area contributed by atoms with Gasteiger partial charge >= 0.3 is 0 Å². The summed E-state index contributed by atoms with van der Waals surface area (Å²) in [7, 11) is 0. The van der Waals surface area contributed by atoms with E-state index in [1.165, 1.54) is 0 Å². The number of nitrogens with zero attached hydrogens (tertiary/aromatic N) is 1. The van der Waals surface area contributed by atoms with Gasteiger partial charge in [-0.25, -0.2) is 0 Å². The summed E-state index contributed by atoms with van der Waals surface area (Å²) in [4.78, 5) is 23.2. The van der Waals surface area contributed by atoms with Crippen LogP contribution in [0.25, 0.3) is 21.8 Å². The second-order valence-corrected chi connectivity index (χ2v) is 6.23. The average molecular weight is 343 g/mol. The van der Waals surface area contributed by atoms with E-state index in [-0.39, 0.29) is 0 Å². The van der Waals surface area contributed by atoms with E-state index in [1.807, 2.05) is 48.5 Å². The minimum absolute atomic E-state index is 0.440. The molecule has 128 valence electrons. The Morgan fingerprint density at radius 2 is 1.46 bits per heavy atom. The highest BCUT2D eigenvalue weighted by Gasteiger charge is 2.16. The van der Waals surface area contributed by atoms with E-state index in [2.05, 4.69) is 4.57 Å². The van der Waals surface area contributed by atoms with Gasteiger partial charge < -0.3 is 16.0 Å². The van der Waals surface area contributed by atoms with Gasteiger partial charge in [0.15, 0.2) is 0 Å². The van der Waals surface area contributed by atoms with Crippen LogP contribution in [0, 0.1) is 0 Å². The van der Waals surface area contributed by atoms with Crippen LogP contribution in [-0.2, 0) is 6.54 Å². The van der Waals surface area contributed by atoms with Gasteiger partial charge in [0, 0.05) is 34.0 Å². The van der Waals surface area contributed by atoms with Crippen molar-refractivity contribution < 1.29 is 9.59 Å². The highest BCUT2D eigenvalue weighted by atomic mass is 16.1. The fourth-order valence-corrected chi connectivity index (χ4v) is 3.43. The molecule has 0 aliphatic carbocycles. The van der Waals surface area contributed by atoms with Crippen molar-refractivity contribution in [2.45, 2.75) is 6.54 Å². The Morgan fingerprint density at radius 3 is 2.15 bits per heavy atom. The Morgan fingerprint density at radius 1 is 0.769 bits per heavy atom. The summed E-state index contributed by atoms with van der Waals surface area (Å²) in [5, 5.41) is 1.86. The quantitative estimate of drug-likeness (QED) is 0.596. The van der Waals surface area contributed by atoms with E-state index in [0.717, 1.165) is 27.4 Å². The normalized spacial score (nSPS) is 11.1. The molecule has 0 fully saturated rings. The maximum atomic E-state index is 11.9. The van der Waals surface area contributed by atoms with Crippen LogP contribution in [0.2, 0.25) is 0 Å². The van der Waals surface area contributed by atoms with Crippen molar-refractivity contribution in [2.75, 3.05) is 0 Å². The average Bonchev–Trinajstić information content (AvgIpc) is 2.96. The zero-order chi connectivity index (χ0) is 18.3. The smallest absolute Gasteiger partial charge is 0.249 e. The molecular formula is C21H17N3O2. The Hall–Kier alpha value is -3.60. The van der Waals surface area contributed by atoms with Gasteiger partial charge in [-0.3, -0.25) is 9.59 Å². The van der Waals surface area contributed by atoms with Gasteiger partial charge in [0.1, 0.15) is 0 Å². The lowest BCUT2D eigenvalue weighted by molar-refractivity contribution is 0.0992. The number of fused-ring (bicyclic) bond motifs is 3. The number of nitrogens with two attached hydrogens (primary N) is 2. The largest absolute Gasteiger partial charge is 0.366 e. The molecule has 5 nitrogen and oxygen atoms in total. The van der Waals surface area contributed by atoms with Crippen LogP contribution in [0.15, 0.2) is 66.7 Å². The first-order valence-electron chi connectivity index (χ1n) is 8.25. The SMILES string of the molecule is NC(=O)c1ccc(Cn2c3ccccc3c3c(C(N)=O)cccc32)cc1. The standard InChI is InChI=1S/C21H17N3O2/c22-20(25)14-10-8-13(9-11-14)12-24-17-6-2-1-4-15(17)19-16(21(23)26)5-3-7-18(19)24/h1-11H,12H2,(H2,22,25)(H2,23,26). The summed E-state index contributed by atoms with van der Waals surface area (Å²) < 4.78 is 2.15. The number of primary amides is 2. The third-order valence-corrected chi connectivity index (χ3v) is 4.64. The molecule has 26 heavy (non-hydrogen) atoms. The molecule has 0 radical (unpaired) electrons. The Labute approximate surface area is 149 Å². The molecular weight excluding hydrogens is 326 g/mol. The van der Waals surface area contributed by atoms with E-state index in [9.17, 15) is 9.59 Å². The monoisotopic (exact) mass is 343 g/mol. The number of para-hydroxylation sites is 1. The van der Waals surface area contributed by atoms with E-state index >= 15 is 0 Å². The van der Waals surface area contributed by atoms with Crippen molar-refractivity contribution in [1.82, 2.24) is 4.57 Å². The van der Waals surface area contributed by atoms with Crippen LogP contribution in [0.1, 0.15) is 26.3 Å². The summed E-state index contributed by atoms with van der Waals surface area (Å²) in [6.45, 7) is 0.602. The van der Waals surface area contributed by atoms with Gasteiger partial charge in [-0.15, -0.1) is 0 Å². The molecule has 0 aliphatic heterocycles. The molecule has 1 aromatic heterocycles. The third-order valence-electron chi connectivity index (χ3n) is 4.64. The van der Waals surface area contributed by atoms with Crippen molar-refractivity contribution in [1.29, 1.82) is 0 Å².